The minimum absolute atomic E-state index is 0.0525. The van der Waals surface area contributed by atoms with E-state index in [2.05, 4.69) is 20.0 Å². The summed E-state index contributed by atoms with van der Waals surface area (Å²) in [5.41, 5.74) is 4.08. The molecule has 3 aromatic rings. The van der Waals surface area contributed by atoms with Crippen molar-refractivity contribution in [3.05, 3.63) is 46.5 Å². The van der Waals surface area contributed by atoms with Gasteiger partial charge in [-0.1, -0.05) is 6.07 Å². The van der Waals surface area contributed by atoms with E-state index >= 15 is 0 Å². The molecule has 172 valence electrons. The zero-order chi connectivity index (χ0) is 23.5. The van der Waals surface area contributed by atoms with Gasteiger partial charge in [0.05, 0.1) is 18.5 Å². The van der Waals surface area contributed by atoms with Crippen molar-refractivity contribution in [1.29, 1.82) is 0 Å². The van der Waals surface area contributed by atoms with E-state index in [1.54, 1.807) is 18.7 Å². The lowest BCUT2D eigenvalue weighted by atomic mass is 9.97. The number of ether oxygens (including phenoxy) is 1. The van der Waals surface area contributed by atoms with Crippen LogP contribution in [0.25, 0.3) is 11.3 Å². The summed E-state index contributed by atoms with van der Waals surface area (Å²) in [5, 5.41) is 5.09. The summed E-state index contributed by atoms with van der Waals surface area (Å²) < 4.78 is 10.0. The Bertz CT molecular complexity index is 1220. The zero-order valence-electron chi connectivity index (χ0n) is 18.6. The molecule has 33 heavy (non-hydrogen) atoms. The number of hydrogen-bond donors (Lipinski definition) is 1. The number of methoxy groups -OCH3 is 1. The number of esters is 1. The lowest BCUT2D eigenvalue weighted by Gasteiger charge is -2.29. The van der Waals surface area contributed by atoms with Crippen molar-refractivity contribution < 1.29 is 23.5 Å². The Labute approximate surface area is 194 Å². The molecule has 2 amide bonds. The number of aryl methyl sites for hydroxylation is 3. The fourth-order valence-electron chi connectivity index (χ4n) is 3.81. The molecule has 3 heterocycles. The molecule has 0 unspecified atom stereocenters. The highest BCUT2D eigenvalue weighted by Crippen LogP contribution is 2.33. The third kappa shape index (κ3) is 4.95. The second-order valence-electron chi connectivity index (χ2n) is 7.71. The first-order valence-electron chi connectivity index (χ1n) is 10.6. The van der Waals surface area contributed by atoms with E-state index in [9.17, 15) is 14.4 Å². The van der Waals surface area contributed by atoms with E-state index in [1.165, 1.54) is 18.4 Å². The van der Waals surface area contributed by atoms with E-state index < -0.39 is 0 Å². The van der Waals surface area contributed by atoms with Crippen LogP contribution in [0.3, 0.4) is 0 Å². The highest BCUT2D eigenvalue weighted by molar-refractivity contribution is 7.14. The normalized spacial score (nSPS) is 13.1. The number of carbonyl (C=O) groups excluding carboxylic acids is 3. The van der Waals surface area contributed by atoms with E-state index in [0.717, 1.165) is 22.5 Å². The van der Waals surface area contributed by atoms with E-state index in [-0.39, 0.29) is 30.0 Å². The molecule has 0 fully saturated rings. The summed E-state index contributed by atoms with van der Waals surface area (Å²) >= 11 is 1.32. The van der Waals surface area contributed by atoms with E-state index in [1.807, 2.05) is 23.6 Å². The first kappa shape index (κ1) is 22.7. The number of rotatable bonds is 7. The molecule has 1 aliphatic rings. The van der Waals surface area contributed by atoms with Crippen molar-refractivity contribution in [2.24, 2.45) is 0 Å². The minimum atomic E-state index is -0.388. The summed E-state index contributed by atoms with van der Waals surface area (Å²) in [6.07, 6.45) is 1.88. The standard InChI is InChI=1S/C23H24N4O5S/c1-13-21(32-14(2)24-13)22(30)26-23-25-17(12-33-23)15-6-8-18-16(11-15)7-9-19(28)27(18)10-4-5-20(29)31-3/h6,8,11-12H,4-5,7,9-10H2,1-3H3,(H,25,26,30). The van der Waals surface area contributed by atoms with Crippen molar-refractivity contribution >= 4 is 39.9 Å². The monoisotopic (exact) mass is 468 g/mol. The molecule has 9 nitrogen and oxygen atoms in total. The molecule has 4 rings (SSSR count). The summed E-state index contributed by atoms with van der Waals surface area (Å²) in [6, 6.07) is 5.85. The molecular weight excluding hydrogens is 444 g/mol. The summed E-state index contributed by atoms with van der Waals surface area (Å²) in [7, 11) is 1.36. The second-order valence-corrected chi connectivity index (χ2v) is 8.57. The van der Waals surface area contributed by atoms with Crippen LogP contribution >= 0.6 is 11.3 Å². The Morgan fingerprint density at radius 3 is 2.79 bits per heavy atom. The van der Waals surface area contributed by atoms with Gasteiger partial charge >= 0.3 is 5.97 Å². The fourth-order valence-corrected chi connectivity index (χ4v) is 4.52. The van der Waals surface area contributed by atoms with Crippen LogP contribution in [0.2, 0.25) is 0 Å². The smallest absolute Gasteiger partial charge is 0.305 e. The Balaban J connectivity index is 1.48. The average Bonchev–Trinajstić information content (AvgIpc) is 3.40. The number of carbonyl (C=O) groups is 3. The number of amides is 2. The largest absolute Gasteiger partial charge is 0.469 e. The number of fused-ring (bicyclic) bond motifs is 1. The number of thiazole rings is 1. The van der Waals surface area contributed by atoms with Gasteiger partial charge in [0.25, 0.3) is 5.91 Å². The maximum atomic E-state index is 12.5. The lowest BCUT2D eigenvalue weighted by molar-refractivity contribution is -0.140. The van der Waals surface area contributed by atoms with Gasteiger partial charge < -0.3 is 14.1 Å². The summed E-state index contributed by atoms with van der Waals surface area (Å²) in [5.74, 6) is -0.00770. The number of nitrogens with one attached hydrogen (secondary N) is 1. The molecule has 0 bridgehead atoms. The Hall–Kier alpha value is -3.53. The van der Waals surface area contributed by atoms with Crippen LogP contribution in [0.15, 0.2) is 28.0 Å². The molecular formula is C23H24N4O5S. The second kappa shape index (κ2) is 9.53. The highest BCUT2D eigenvalue weighted by Gasteiger charge is 2.25. The van der Waals surface area contributed by atoms with Gasteiger partial charge in [-0.25, -0.2) is 9.97 Å². The van der Waals surface area contributed by atoms with Crippen LogP contribution in [0, 0.1) is 13.8 Å². The summed E-state index contributed by atoms with van der Waals surface area (Å²) in [4.78, 5) is 46.7. The van der Waals surface area contributed by atoms with Crippen LogP contribution in [0.4, 0.5) is 10.8 Å². The van der Waals surface area contributed by atoms with Gasteiger partial charge in [-0.2, -0.15) is 0 Å². The van der Waals surface area contributed by atoms with Crippen LogP contribution in [-0.4, -0.2) is 41.4 Å². The number of aromatic nitrogens is 2. The molecule has 1 N–H and O–H groups in total. The first-order valence-corrected chi connectivity index (χ1v) is 11.4. The Kier molecular flexibility index (Phi) is 6.55. The average molecular weight is 469 g/mol. The molecule has 0 saturated heterocycles. The maximum absolute atomic E-state index is 12.5. The van der Waals surface area contributed by atoms with Crippen molar-refractivity contribution in [2.45, 2.75) is 39.5 Å². The maximum Gasteiger partial charge on any atom is 0.305 e. The van der Waals surface area contributed by atoms with E-state index in [4.69, 9.17) is 4.42 Å². The molecule has 10 heteroatoms. The van der Waals surface area contributed by atoms with Gasteiger partial charge in [0.2, 0.25) is 11.7 Å². The van der Waals surface area contributed by atoms with Gasteiger partial charge in [-0.3, -0.25) is 19.7 Å². The molecule has 0 spiro atoms. The van der Waals surface area contributed by atoms with Crippen LogP contribution in [-0.2, 0) is 20.7 Å². The number of benzene rings is 1. The predicted octanol–water partition coefficient (Wildman–Crippen LogP) is 3.90. The van der Waals surface area contributed by atoms with E-state index in [0.29, 0.717) is 42.5 Å². The van der Waals surface area contributed by atoms with Crippen molar-refractivity contribution in [3.8, 4) is 11.3 Å². The van der Waals surface area contributed by atoms with Crippen molar-refractivity contribution in [3.63, 3.8) is 0 Å². The number of anilines is 2. The van der Waals surface area contributed by atoms with Crippen LogP contribution < -0.4 is 10.2 Å². The fraction of sp³-hybridized carbons (Fsp3) is 0.348. The molecule has 2 aromatic heterocycles. The molecule has 0 atom stereocenters. The van der Waals surface area contributed by atoms with Gasteiger partial charge in [0.15, 0.2) is 11.0 Å². The third-order valence-corrected chi connectivity index (χ3v) is 6.16. The van der Waals surface area contributed by atoms with Gasteiger partial charge in [0.1, 0.15) is 0 Å². The highest BCUT2D eigenvalue weighted by atomic mass is 32.1. The molecule has 1 aromatic carbocycles. The molecule has 0 aliphatic carbocycles. The quantitative estimate of drug-likeness (QED) is 0.523. The number of hydrogen-bond acceptors (Lipinski definition) is 8. The Morgan fingerprint density at radius 2 is 2.06 bits per heavy atom. The Morgan fingerprint density at radius 1 is 1.24 bits per heavy atom. The van der Waals surface area contributed by atoms with Crippen LogP contribution in [0.5, 0.6) is 0 Å². The number of nitrogens with zero attached hydrogens (tertiary/aromatic N) is 3. The third-order valence-electron chi connectivity index (χ3n) is 5.40. The van der Waals surface area contributed by atoms with Crippen molar-refractivity contribution in [1.82, 2.24) is 9.97 Å². The number of oxazole rings is 1. The molecule has 0 radical (unpaired) electrons. The predicted molar refractivity (Wildman–Crippen MR) is 123 cm³/mol. The molecule has 0 saturated carbocycles. The first-order chi connectivity index (χ1) is 15.9. The van der Waals surface area contributed by atoms with Crippen molar-refractivity contribution in [2.75, 3.05) is 23.9 Å². The minimum Gasteiger partial charge on any atom is -0.469 e. The summed E-state index contributed by atoms with van der Waals surface area (Å²) in [6.45, 7) is 3.87. The molecule has 1 aliphatic heterocycles. The zero-order valence-corrected chi connectivity index (χ0v) is 19.5. The van der Waals surface area contributed by atoms with Gasteiger partial charge in [0, 0.05) is 42.9 Å². The van der Waals surface area contributed by atoms with Crippen LogP contribution in [0.1, 0.15) is 47.0 Å². The lowest BCUT2D eigenvalue weighted by Crippen LogP contribution is -2.36. The van der Waals surface area contributed by atoms with Gasteiger partial charge in [-0.05, 0) is 37.5 Å². The SMILES string of the molecule is COC(=O)CCCN1C(=O)CCc2cc(-c3csc(NC(=O)c4oc(C)nc4C)n3)ccc21. The van der Waals surface area contributed by atoms with Gasteiger partial charge in [-0.15, -0.1) is 11.3 Å². The topological polar surface area (TPSA) is 115 Å².